The lowest BCUT2D eigenvalue weighted by Crippen LogP contribution is -2.37. The average Bonchev–Trinajstić information content (AvgIpc) is 3.25. The van der Waals surface area contributed by atoms with Crippen LogP contribution in [0.4, 0.5) is 0 Å². The lowest BCUT2D eigenvalue weighted by molar-refractivity contribution is -0.870. The highest BCUT2D eigenvalue weighted by atomic mass is 31.2. The summed E-state index contributed by atoms with van der Waals surface area (Å²) in [5.41, 5.74) is 0. The molecule has 0 saturated heterocycles. The van der Waals surface area contributed by atoms with Crippen molar-refractivity contribution < 1.29 is 42.1 Å². The van der Waals surface area contributed by atoms with E-state index < -0.39 is 32.5 Å². The van der Waals surface area contributed by atoms with Crippen LogP contribution in [-0.4, -0.2) is 74.9 Å². The highest BCUT2D eigenvalue weighted by Gasteiger charge is 2.27. The number of likely N-dealkylation sites (N-methyl/N-ethyl adjacent to an activating group) is 1. The first-order valence-electron chi connectivity index (χ1n) is 24.3. The highest BCUT2D eigenvalue weighted by molar-refractivity contribution is 7.47. The second-order valence-electron chi connectivity index (χ2n) is 16.8. The number of ether oxygens (including phenoxy) is 2. The Morgan fingerprint density at radius 2 is 0.891 bits per heavy atom. The van der Waals surface area contributed by atoms with Crippen LogP contribution in [0.25, 0.3) is 0 Å². The van der Waals surface area contributed by atoms with E-state index in [1.807, 2.05) is 21.1 Å². The van der Waals surface area contributed by atoms with E-state index >= 15 is 0 Å². The number of rotatable bonds is 42. The first-order valence-corrected chi connectivity index (χ1v) is 25.8. The number of hydrogen-bond acceptors (Lipinski definition) is 7. The molecular weight excluding hydrogens is 822 g/mol. The maximum atomic E-state index is 12.7. The molecule has 0 rings (SSSR count). The van der Waals surface area contributed by atoms with Crippen molar-refractivity contribution in [2.75, 3.05) is 47.5 Å². The fourth-order valence-corrected chi connectivity index (χ4v) is 6.49. The molecule has 0 aliphatic carbocycles. The summed E-state index contributed by atoms with van der Waals surface area (Å²) >= 11 is 0. The van der Waals surface area contributed by atoms with E-state index in [0.717, 1.165) is 103 Å². The summed E-state index contributed by atoms with van der Waals surface area (Å²) in [6.45, 7) is 4.17. The molecule has 0 aromatic carbocycles. The SMILES string of the molecule is CC/C=C\C/C=C\C/C=C\C/C=C\C/C=C\C/C=C\C/C=C\C/C=C\C/C=C\C/C=C\CCCCC(=O)OC(COC(=O)CCCCCCCCC)COP(=O)(O)OCC[N+](C)(C)C. The molecule has 0 aliphatic rings. The third-order valence-electron chi connectivity index (χ3n) is 9.51. The third-order valence-corrected chi connectivity index (χ3v) is 10.5. The predicted molar refractivity (Wildman–Crippen MR) is 270 cm³/mol. The van der Waals surface area contributed by atoms with Crippen molar-refractivity contribution in [2.24, 2.45) is 0 Å². The minimum absolute atomic E-state index is 0.0168. The molecule has 0 bridgehead atoms. The number of carbonyl (C=O) groups is 2. The van der Waals surface area contributed by atoms with Gasteiger partial charge in [-0.15, -0.1) is 0 Å². The molecule has 0 heterocycles. The zero-order chi connectivity index (χ0) is 47.1. The number of hydrogen-bond donors (Lipinski definition) is 1. The molecule has 0 spiro atoms. The Morgan fingerprint density at radius 3 is 1.33 bits per heavy atom. The first kappa shape index (κ1) is 60.4. The molecule has 64 heavy (non-hydrogen) atoms. The van der Waals surface area contributed by atoms with Gasteiger partial charge >= 0.3 is 19.8 Å². The second-order valence-corrected chi connectivity index (χ2v) is 18.2. The van der Waals surface area contributed by atoms with Crippen LogP contribution in [0.2, 0.25) is 0 Å². The van der Waals surface area contributed by atoms with E-state index in [1.54, 1.807) is 0 Å². The van der Waals surface area contributed by atoms with Gasteiger partial charge in [-0.3, -0.25) is 18.6 Å². The first-order chi connectivity index (χ1) is 31.0. The molecule has 0 amide bonds. The van der Waals surface area contributed by atoms with Crippen LogP contribution in [0.15, 0.2) is 122 Å². The van der Waals surface area contributed by atoms with Crippen molar-refractivity contribution in [1.29, 1.82) is 0 Å². The van der Waals surface area contributed by atoms with Crippen molar-refractivity contribution >= 4 is 19.8 Å². The molecule has 9 nitrogen and oxygen atoms in total. The summed E-state index contributed by atoms with van der Waals surface area (Å²) in [7, 11) is 1.43. The van der Waals surface area contributed by atoms with Crippen LogP contribution in [-0.2, 0) is 32.7 Å². The monoisotopic (exact) mass is 911 g/mol. The zero-order valence-electron chi connectivity index (χ0n) is 40.7. The Morgan fingerprint density at radius 1 is 0.500 bits per heavy atom. The largest absolute Gasteiger partial charge is 0.472 e. The summed E-state index contributed by atoms with van der Waals surface area (Å²) < 4.78 is 34.1. The lowest BCUT2D eigenvalue weighted by atomic mass is 10.1. The average molecular weight is 911 g/mol. The standard InChI is InChI=1S/C54H88NO8P/c1-6-8-10-12-14-15-16-17-18-19-20-21-22-23-24-25-26-27-28-29-30-31-32-33-34-35-36-37-38-39-41-43-45-47-54(57)63-52(51-62-64(58,59)61-49-48-55(3,4)5)50-60-53(56)46-44-42-40-13-11-9-7-2/h8,10,14-15,17-18,20-21,23-24,26-27,29-30,32-33,35-36,38-39,52H,6-7,9,11-13,16,19,22,25,28,31,34,37,40-51H2,1-5H3/p+1/b10-8-,15-14-,18-17-,21-20-,24-23-,27-26-,30-29-,33-32-,36-35-,39-38-. The summed E-state index contributed by atoms with van der Waals surface area (Å²) in [4.78, 5) is 35.2. The summed E-state index contributed by atoms with van der Waals surface area (Å²) in [5, 5.41) is 0. The quantitative estimate of drug-likeness (QED) is 0.0212. The Labute approximate surface area is 390 Å². The fraction of sp³-hybridized carbons (Fsp3) is 0.593. The maximum absolute atomic E-state index is 12.7. The van der Waals surface area contributed by atoms with E-state index in [2.05, 4.69) is 135 Å². The van der Waals surface area contributed by atoms with Gasteiger partial charge in [-0.25, -0.2) is 4.57 Å². The molecule has 10 heteroatoms. The Balaban J connectivity index is 4.24. The van der Waals surface area contributed by atoms with Crippen LogP contribution in [0, 0.1) is 0 Å². The minimum Gasteiger partial charge on any atom is -0.462 e. The number of nitrogens with zero attached hydrogens (tertiary/aromatic N) is 1. The molecule has 0 saturated carbocycles. The molecule has 0 fully saturated rings. The molecule has 2 unspecified atom stereocenters. The number of carbonyl (C=O) groups excluding carboxylic acids is 2. The van der Waals surface area contributed by atoms with E-state index in [1.165, 1.54) is 19.3 Å². The smallest absolute Gasteiger partial charge is 0.462 e. The van der Waals surface area contributed by atoms with Crippen LogP contribution in [0.1, 0.15) is 155 Å². The molecule has 362 valence electrons. The Bertz CT molecular complexity index is 1490. The number of phosphoric ester groups is 1. The van der Waals surface area contributed by atoms with Crippen molar-refractivity contribution in [3.05, 3.63) is 122 Å². The summed E-state index contributed by atoms with van der Waals surface area (Å²) in [6, 6.07) is 0. The molecule has 0 radical (unpaired) electrons. The topological polar surface area (TPSA) is 108 Å². The van der Waals surface area contributed by atoms with Crippen molar-refractivity contribution in [1.82, 2.24) is 0 Å². The van der Waals surface area contributed by atoms with Gasteiger partial charge in [-0.05, 0) is 89.9 Å². The van der Waals surface area contributed by atoms with E-state index in [-0.39, 0.29) is 26.1 Å². The number of phosphoric acid groups is 1. The van der Waals surface area contributed by atoms with Crippen LogP contribution in [0.5, 0.6) is 0 Å². The third kappa shape index (κ3) is 47.9. The molecule has 0 aromatic heterocycles. The fourth-order valence-electron chi connectivity index (χ4n) is 5.75. The van der Waals surface area contributed by atoms with E-state index in [0.29, 0.717) is 17.4 Å². The van der Waals surface area contributed by atoms with Crippen molar-refractivity contribution in [2.45, 2.75) is 161 Å². The van der Waals surface area contributed by atoms with Gasteiger partial charge in [-0.2, -0.15) is 0 Å². The van der Waals surface area contributed by atoms with Gasteiger partial charge in [0.05, 0.1) is 27.7 Å². The summed E-state index contributed by atoms with van der Waals surface area (Å²) in [6.07, 6.45) is 62.9. The zero-order valence-corrected chi connectivity index (χ0v) is 41.6. The molecule has 0 aromatic rings. The van der Waals surface area contributed by atoms with Gasteiger partial charge in [0.2, 0.25) is 0 Å². The van der Waals surface area contributed by atoms with Crippen molar-refractivity contribution in [3.63, 3.8) is 0 Å². The van der Waals surface area contributed by atoms with E-state index in [4.69, 9.17) is 18.5 Å². The predicted octanol–water partition coefficient (Wildman–Crippen LogP) is 14.5. The van der Waals surface area contributed by atoms with Gasteiger partial charge in [0.25, 0.3) is 0 Å². The van der Waals surface area contributed by atoms with Gasteiger partial charge in [-0.1, -0.05) is 174 Å². The van der Waals surface area contributed by atoms with Crippen LogP contribution < -0.4 is 0 Å². The highest BCUT2D eigenvalue weighted by Crippen LogP contribution is 2.43. The van der Waals surface area contributed by atoms with Crippen LogP contribution in [0.3, 0.4) is 0 Å². The second kappa shape index (κ2) is 44.6. The number of esters is 2. The molecule has 0 aliphatic heterocycles. The van der Waals surface area contributed by atoms with E-state index in [9.17, 15) is 19.0 Å². The minimum atomic E-state index is -4.39. The number of unbranched alkanes of at least 4 members (excludes halogenated alkanes) is 8. The van der Waals surface area contributed by atoms with Crippen LogP contribution >= 0.6 is 7.82 Å². The summed E-state index contributed by atoms with van der Waals surface area (Å²) in [5.74, 6) is -0.869. The Kier molecular flexibility index (Phi) is 42.1. The lowest BCUT2D eigenvalue weighted by Gasteiger charge is -2.24. The number of allylic oxidation sites excluding steroid dienone is 20. The van der Waals surface area contributed by atoms with Gasteiger partial charge in [0.15, 0.2) is 6.10 Å². The van der Waals surface area contributed by atoms with Gasteiger partial charge in [0, 0.05) is 12.8 Å². The Hall–Kier alpha value is -3.59. The molecule has 2 atom stereocenters. The number of quaternary nitrogens is 1. The molecule has 1 N–H and O–H groups in total. The van der Waals surface area contributed by atoms with Gasteiger partial charge < -0.3 is 18.9 Å². The van der Waals surface area contributed by atoms with Gasteiger partial charge in [0.1, 0.15) is 19.8 Å². The maximum Gasteiger partial charge on any atom is 0.472 e. The normalized spacial score (nSPS) is 14.5. The molecular formula is C54H89NO8P+. The van der Waals surface area contributed by atoms with Crippen molar-refractivity contribution in [3.8, 4) is 0 Å².